The van der Waals surface area contributed by atoms with Crippen LogP contribution in [0.2, 0.25) is 0 Å². The average molecular weight is 249 g/mol. The molecule has 3 unspecified atom stereocenters. The van der Waals surface area contributed by atoms with Gasteiger partial charge in [-0.1, -0.05) is 0 Å². The van der Waals surface area contributed by atoms with Crippen molar-refractivity contribution in [2.24, 2.45) is 11.5 Å². The van der Waals surface area contributed by atoms with Crippen LogP contribution < -0.4 is 16.8 Å². The van der Waals surface area contributed by atoms with Crippen LogP contribution in [-0.2, 0) is 9.59 Å². The lowest BCUT2D eigenvalue weighted by Gasteiger charge is -2.22. The zero-order chi connectivity index (χ0) is 12.7. The van der Waals surface area contributed by atoms with Crippen molar-refractivity contribution >= 4 is 23.6 Å². The summed E-state index contributed by atoms with van der Waals surface area (Å²) >= 11 is 1.45. The molecule has 0 saturated carbocycles. The number of primary amides is 1. The van der Waals surface area contributed by atoms with Crippen molar-refractivity contribution in [3.8, 4) is 0 Å². The number of nitrogens with two attached hydrogens (primary N) is 2. The zero-order valence-electron chi connectivity index (χ0n) is 9.47. The Bertz CT molecular complexity index is 246. The molecule has 0 aliphatic rings. The molecule has 0 spiro atoms. The highest BCUT2D eigenvalue weighted by Crippen LogP contribution is 2.10. The van der Waals surface area contributed by atoms with Crippen LogP contribution in [0.15, 0.2) is 0 Å². The molecule has 0 rings (SSSR count). The van der Waals surface area contributed by atoms with Gasteiger partial charge in [0.2, 0.25) is 11.8 Å². The van der Waals surface area contributed by atoms with Crippen molar-refractivity contribution in [3.63, 3.8) is 0 Å². The molecule has 0 radical (unpaired) electrons. The fraction of sp³-hybridized carbons (Fsp3) is 0.778. The lowest BCUT2D eigenvalue weighted by atomic mass is 10.1. The van der Waals surface area contributed by atoms with Crippen LogP contribution in [0.4, 0.5) is 0 Å². The van der Waals surface area contributed by atoms with Crippen molar-refractivity contribution in [2.45, 2.75) is 30.7 Å². The molecule has 0 aromatic carbocycles. The summed E-state index contributed by atoms with van der Waals surface area (Å²) in [5, 5.41) is 11.6. The molecule has 0 aromatic rings. The molecular weight excluding hydrogens is 230 g/mol. The van der Waals surface area contributed by atoms with Crippen molar-refractivity contribution in [3.05, 3.63) is 0 Å². The van der Waals surface area contributed by atoms with Gasteiger partial charge in [0.25, 0.3) is 0 Å². The van der Waals surface area contributed by atoms with Crippen LogP contribution >= 0.6 is 11.8 Å². The van der Waals surface area contributed by atoms with Crippen molar-refractivity contribution in [2.75, 3.05) is 12.9 Å². The summed E-state index contributed by atoms with van der Waals surface area (Å²) in [6.45, 7) is 1.74. The third kappa shape index (κ3) is 5.34. The molecule has 2 amide bonds. The fourth-order valence-corrected chi connectivity index (χ4v) is 1.80. The Morgan fingerprint density at radius 2 is 2.06 bits per heavy atom. The minimum Gasteiger partial charge on any atom is -0.395 e. The number of aliphatic hydroxyl groups excluding tert-OH is 1. The minimum atomic E-state index is -0.929. The van der Waals surface area contributed by atoms with Gasteiger partial charge in [0, 0.05) is 11.3 Å². The fourth-order valence-electron chi connectivity index (χ4n) is 1.17. The molecule has 94 valence electrons. The number of nitrogens with one attached hydrogen (secondary N) is 1. The lowest BCUT2D eigenvalue weighted by Crippen LogP contribution is -2.49. The quantitative estimate of drug-likeness (QED) is 0.434. The number of carbonyl (C=O) groups is 2. The van der Waals surface area contributed by atoms with E-state index in [1.807, 2.05) is 6.26 Å². The van der Waals surface area contributed by atoms with Gasteiger partial charge in [-0.15, -0.1) is 0 Å². The van der Waals surface area contributed by atoms with E-state index < -0.39 is 17.9 Å². The number of amides is 2. The molecule has 6 nitrogen and oxygen atoms in total. The second-order valence-corrected chi connectivity index (χ2v) is 4.61. The van der Waals surface area contributed by atoms with Gasteiger partial charge in [0.1, 0.15) is 0 Å². The molecule has 0 aromatic heterocycles. The summed E-state index contributed by atoms with van der Waals surface area (Å²) in [5.41, 5.74) is 10.4. The van der Waals surface area contributed by atoms with E-state index in [2.05, 4.69) is 5.32 Å². The average Bonchev–Trinajstić information content (AvgIpc) is 2.18. The maximum absolute atomic E-state index is 11.5. The van der Waals surface area contributed by atoms with Crippen LogP contribution in [0, 0.1) is 0 Å². The third-order valence-corrected chi connectivity index (χ3v) is 3.33. The second-order valence-electron chi connectivity index (χ2n) is 3.53. The first-order valence-corrected chi connectivity index (χ1v) is 6.19. The van der Waals surface area contributed by atoms with Crippen LogP contribution in [0.1, 0.15) is 13.3 Å². The standard InChI is InChI=1S/C9H19N3O3S/c1-5(7(4-13)16-2)12-9(15)6(10)3-8(11)14/h5-7,13H,3-4,10H2,1-2H3,(H2,11,14)(H,12,15). The van der Waals surface area contributed by atoms with Crippen LogP contribution in [0.25, 0.3) is 0 Å². The topological polar surface area (TPSA) is 118 Å². The predicted octanol–water partition coefficient (Wildman–Crippen LogP) is -1.58. The van der Waals surface area contributed by atoms with Gasteiger partial charge in [-0.3, -0.25) is 9.59 Å². The van der Waals surface area contributed by atoms with E-state index in [1.54, 1.807) is 6.92 Å². The Morgan fingerprint density at radius 3 is 2.44 bits per heavy atom. The Kier molecular flexibility index (Phi) is 7.11. The minimum absolute atomic E-state index is 0.0341. The second kappa shape index (κ2) is 7.48. The summed E-state index contributed by atoms with van der Waals surface area (Å²) in [6.07, 6.45) is 1.66. The molecule has 16 heavy (non-hydrogen) atoms. The van der Waals surface area contributed by atoms with Crippen LogP contribution in [0.3, 0.4) is 0 Å². The highest BCUT2D eigenvalue weighted by atomic mass is 32.2. The summed E-state index contributed by atoms with van der Waals surface area (Å²) in [6, 6.07) is -1.15. The van der Waals surface area contributed by atoms with Gasteiger partial charge in [-0.2, -0.15) is 11.8 Å². The number of hydrogen-bond donors (Lipinski definition) is 4. The summed E-state index contributed by atoms with van der Waals surface area (Å²) in [5.74, 6) is -1.04. The smallest absolute Gasteiger partial charge is 0.237 e. The maximum atomic E-state index is 11.5. The van der Waals surface area contributed by atoms with E-state index in [0.29, 0.717) is 0 Å². The Hall–Kier alpha value is -0.790. The lowest BCUT2D eigenvalue weighted by molar-refractivity contribution is -0.126. The molecule has 6 N–H and O–H groups in total. The monoisotopic (exact) mass is 249 g/mol. The first kappa shape index (κ1) is 15.2. The van der Waals surface area contributed by atoms with Gasteiger partial charge in [0.15, 0.2) is 0 Å². The number of aliphatic hydroxyl groups is 1. The Labute approximate surface area is 99.1 Å². The first-order valence-electron chi connectivity index (χ1n) is 4.90. The molecular formula is C9H19N3O3S. The van der Waals surface area contributed by atoms with E-state index in [-0.39, 0.29) is 24.3 Å². The normalized spacial score (nSPS) is 16.2. The van der Waals surface area contributed by atoms with Crippen molar-refractivity contribution in [1.82, 2.24) is 5.32 Å². The first-order chi connectivity index (χ1) is 7.42. The van der Waals surface area contributed by atoms with Crippen molar-refractivity contribution in [1.29, 1.82) is 0 Å². The molecule has 0 bridgehead atoms. The molecule has 3 atom stereocenters. The van der Waals surface area contributed by atoms with Gasteiger partial charge in [0.05, 0.1) is 19.1 Å². The number of thioether (sulfide) groups is 1. The Balaban J connectivity index is 4.17. The van der Waals surface area contributed by atoms with E-state index in [0.717, 1.165) is 0 Å². The highest BCUT2D eigenvalue weighted by Gasteiger charge is 2.21. The molecule has 0 aliphatic carbocycles. The largest absolute Gasteiger partial charge is 0.395 e. The molecule has 0 aliphatic heterocycles. The molecule has 0 saturated heterocycles. The zero-order valence-corrected chi connectivity index (χ0v) is 10.3. The number of rotatable bonds is 7. The summed E-state index contributed by atoms with van der Waals surface area (Å²) in [7, 11) is 0. The van der Waals surface area contributed by atoms with Gasteiger partial charge in [-0.05, 0) is 13.2 Å². The highest BCUT2D eigenvalue weighted by molar-refractivity contribution is 7.99. The third-order valence-electron chi connectivity index (χ3n) is 2.17. The number of hydrogen-bond acceptors (Lipinski definition) is 5. The molecule has 7 heteroatoms. The maximum Gasteiger partial charge on any atom is 0.237 e. The van der Waals surface area contributed by atoms with Crippen LogP contribution in [-0.4, -0.2) is 47.1 Å². The predicted molar refractivity (Wildman–Crippen MR) is 63.8 cm³/mol. The van der Waals surface area contributed by atoms with E-state index in [4.69, 9.17) is 16.6 Å². The Morgan fingerprint density at radius 1 is 1.50 bits per heavy atom. The summed E-state index contributed by atoms with van der Waals surface area (Å²) in [4.78, 5) is 22.1. The van der Waals surface area contributed by atoms with Crippen LogP contribution in [0.5, 0.6) is 0 Å². The SMILES string of the molecule is CSC(CO)C(C)NC(=O)C(N)CC(N)=O. The van der Waals surface area contributed by atoms with Gasteiger partial charge >= 0.3 is 0 Å². The van der Waals surface area contributed by atoms with E-state index >= 15 is 0 Å². The van der Waals surface area contributed by atoms with Crippen molar-refractivity contribution < 1.29 is 14.7 Å². The molecule has 0 fully saturated rings. The number of carbonyl (C=O) groups excluding carboxylic acids is 2. The molecule has 0 heterocycles. The van der Waals surface area contributed by atoms with Gasteiger partial charge in [-0.25, -0.2) is 0 Å². The summed E-state index contributed by atoms with van der Waals surface area (Å²) < 4.78 is 0. The van der Waals surface area contributed by atoms with Gasteiger partial charge < -0.3 is 21.9 Å². The van der Waals surface area contributed by atoms with E-state index in [9.17, 15) is 9.59 Å². The van der Waals surface area contributed by atoms with E-state index in [1.165, 1.54) is 11.8 Å².